The summed E-state index contributed by atoms with van der Waals surface area (Å²) in [7, 11) is 0. The minimum atomic E-state index is -1.41. The monoisotopic (exact) mass is 293 g/mol. The molecule has 3 nitrogen and oxygen atoms in total. The molecule has 106 valence electrons. The first-order valence-electron chi connectivity index (χ1n) is 6.36. The van der Waals surface area contributed by atoms with E-state index in [0.29, 0.717) is 6.54 Å². The molecule has 0 aliphatic carbocycles. The van der Waals surface area contributed by atoms with E-state index in [2.05, 4.69) is 5.32 Å². The van der Waals surface area contributed by atoms with E-state index in [4.69, 9.17) is 0 Å². The number of nitrogens with one attached hydrogen (secondary N) is 1. The van der Waals surface area contributed by atoms with E-state index in [1.165, 1.54) is 23.5 Å². The molecule has 20 heavy (non-hydrogen) atoms. The fourth-order valence-electron chi connectivity index (χ4n) is 2.21. The van der Waals surface area contributed by atoms with Crippen molar-refractivity contribution in [3.05, 3.63) is 58.0 Å². The first-order valence-corrected chi connectivity index (χ1v) is 7.24. The molecule has 0 amide bonds. The summed E-state index contributed by atoms with van der Waals surface area (Å²) < 4.78 is 14.0. The number of carbonyl (C=O) groups is 1. The van der Waals surface area contributed by atoms with E-state index in [-0.39, 0.29) is 12.0 Å². The van der Waals surface area contributed by atoms with E-state index in [1.54, 1.807) is 19.1 Å². The van der Waals surface area contributed by atoms with Crippen LogP contribution in [0, 0.1) is 5.82 Å². The first-order chi connectivity index (χ1) is 9.60. The van der Waals surface area contributed by atoms with Crippen LogP contribution in [0.3, 0.4) is 0 Å². The fraction of sp³-hybridized carbons (Fsp3) is 0.267. The molecule has 0 fully saturated rings. The third-order valence-electron chi connectivity index (χ3n) is 3.37. The number of benzene rings is 1. The molecule has 2 rings (SSSR count). The lowest BCUT2D eigenvalue weighted by Gasteiger charge is -2.30. The Morgan fingerprint density at radius 1 is 1.35 bits per heavy atom. The maximum atomic E-state index is 14.0. The molecular formula is C15H16FNO2S. The molecule has 0 saturated carbocycles. The average Bonchev–Trinajstić information content (AvgIpc) is 2.94. The van der Waals surface area contributed by atoms with Gasteiger partial charge in [0.1, 0.15) is 11.4 Å². The standard InChI is InChI=1S/C15H16FNO2S/c1-2-15(14(18)19,12-7-3-4-8-13(12)16)17-10-11-6-5-9-20-11/h3-9,17H,2,10H2,1H3,(H,18,19). The Kier molecular flexibility index (Phi) is 4.52. The predicted octanol–water partition coefficient (Wildman–Crippen LogP) is 3.37. The predicted molar refractivity (Wildman–Crippen MR) is 77.2 cm³/mol. The molecule has 1 aromatic heterocycles. The zero-order valence-corrected chi connectivity index (χ0v) is 11.9. The van der Waals surface area contributed by atoms with Gasteiger partial charge in [0, 0.05) is 17.0 Å². The molecule has 2 N–H and O–H groups in total. The quantitative estimate of drug-likeness (QED) is 0.858. The van der Waals surface area contributed by atoms with Gasteiger partial charge in [-0.2, -0.15) is 0 Å². The third kappa shape index (κ3) is 2.73. The number of halogens is 1. The Labute approximate surface area is 121 Å². The lowest BCUT2D eigenvalue weighted by atomic mass is 9.86. The summed E-state index contributed by atoms with van der Waals surface area (Å²) in [4.78, 5) is 12.8. The van der Waals surface area contributed by atoms with E-state index in [9.17, 15) is 14.3 Å². The van der Waals surface area contributed by atoms with Crippen LogP contribution in [-0.2, 0) is 16.9 Å². The van der Waals surface area contributed by atoms with Gasteiger partial charge in [0.15, 0.2) is 0 Å². The van der Waals surface area contributed by atoms with Gasteiger partial charge < -0.3 is 5.11 Å². The number of hydrogen-bond donors (Lipinski definition) is 2. The van der Waals surface area contributed by atoms with Crippen molar-refractivity contribution in [2.24, 2.45) is 0 Å². The number of carboxylic acids is 1. The summed E-state index contributed by atoms with van der Waals surface area (Å²) in [6.07, 6.45) is 0.259. The maximum Gasteiger partial charge on any atom is 0.328 e. The van der Waals surface area contributed by atoms with E-state index < -0.39 is 17.3 Å². The number of thiophene rings is 1. The second-order valence-corrected chi connectivity index (χ2v) is 5.51. The number of aliphatic carboxylic acids is 1. The van der Waals surface area contributed by atoms with Crippen LogP contribution in [0.25, 0.3) is 0 Å². The smallest absolute Gasteiger partial charge is 0.328 e. The molecule has 0 saturated heterocycles. The van der Waals surface area contributed by atoms with Gasteiger partial charge >= 0.3 is 5.97 Å². The van der Waals surface area contributed by atoms with Crippen LogP contribution in [0.2, 0.25) is 0 Å². The van der Waals surface area contributed by atoms with Gasteiger partial charge in [0.2, 0.25) is 0 Å². The molecule has 5 heteroatoms. The van der Waals surface area contributed by atoms with Crippen molar-refractivity contribution in [3.63, 3.8) is 0 Å². The molecule has 1 heterocycles. The average molecular weight is 293 g/mol. The lowest BCUT2D eigenvalue weighted by Crippen LogP contribution is -2.49. The van der Waals surface area contributed by atoms with Crippen LogP contribution < -0.4 is 5.32 Å². The molecule has 2 aromatic rings. The van der Waals surface area contributed by atoms with Gasteiger partial charge in [-0.15, -0.1) is 11.3 Å². The maximum absolute atomic E-state index is 14.0. The summed E-state index contributed by atoms with van der Waals surface area (Å²) in [5, 5.41) is 14.5. The highest BCUT2D eigenvalue weighted by Crippen LogP contribution is 2.28. The van der Waals surface area contributed by atoms with Crippen molar-refractivity contribution < 1.29 is 14.3 Å². The summed E-state index contributed by atoms with van der Waals surface area (Å²) in [6.45, 7) is 2.13. The number of rotatable bonds is 6. The molecule has 0 bridgehead atoms. The third-order valence-corrected chi connectivity index (χ3v) is 4.25. The Morgan fingerprint density at radius 2 is 2.10 bits per heavy atom. The van der Waals surface area contributed by atoms with Crippen LogP contribution in [0.15, 0.2) is 41.8 Å². The van der Waals surface area contributed by atoms with Crippen molar-refractivity contribution in [1.82, 2.24) is 5.32 Å². The van der Waals surface area contributed by atoms with Crippen LogP contribution >= 0.6 is 11.3 Å². The Hall–Kier alpha value is -1.72. The van der Waals surface area contributed by atoms with Crippen LogP contribution in [0.5, 0.6) is 0 Å². The topological polar surface area (TPSA) is 49.3 Å². The molecule has 1 unspecified atom stereocenters. The largest absolute Gasteiger partial charge is 0.480 e. The molecule has 1 atom stereocenters. The van der Waals surface area contributed by atoms with Gasteiger partial charge in [-0.05, 0) is 23.9 Å². The van der Waals surface area contributed by atoms with Crippen LogP contribution in [-0.4, -0.2) is 11.1 Å². The van der Waals surface area contributed by atoms with Crippen LogP contribution in [0.4, 0.5) is 4.39 Å². The van der Waals surface area contributed by atoms with Gasteiger partial charge in [0.05, 0.1) is 0 Å². The zero-order chi connectivity index (χ0) is 14.6. The van der Waals surface area contributed by atoms with E-state index in [0.717, 1.165) is 4.88 Å². The highest BCUT2D eigenvalue weighted by atomic mass is 32.1. The second kappa shape index (κ2) is 6.15. The molecule has 0 spiro atoms. The normalized spacial score (nSPS) is 13.9. The first kappa shape index (κ1) is 14.7. The molecule has 0 aliphatic heterocycles. The Balaban J connectivity index is 2.35. The fourth-order valence-corrected chi connectivity index (χ4v) is 2.86. The molecular weight excluding hydrogens is 277 g/mol. The van der Waals surface area contributed by atoms with E-state index >= 15 is 0 Å². The van der Waals surface area contributed by atoms with Crippen molar-refractivity contribution >= 4 is 17.3 Å². The summed E-state index contributed by atoms with van der Waals surface area (Å²) in [5.41, 5.74) is -1.23. The Bertz CT molecular complexity index is 585. The summed E-state index contributed by atoms with van der Waals surface area (Å²) in [5.74, 6) is -1.57. The minimum Gasteiger partial charge on any atom is -0.480 e. The number of hydrogen-bond acceptors (Lipinski definition) is 3. The van der Waals surface area contributed by atoms with E-state index in [1.807, 2.05) is 17.5 Å². The highest BCUT2D eigenvalue weighted by molar-refractivity contribution is 7.09. The van der Waals surface area contributed by atoms with Gasteiger partial charge in [-0.3, -0.25) is 5.32 Å². The number of carboxylic acid groups (broad SMARTS) is 1. The lowest BCUT2D eigenvalue weighted by molar-refractivity contribution is -0.145. The summed E-state index contributed by atoms with van der Waals surface area (Å²) in [6, 6.07) is 9.84. The van der Waals surface area contributed by atoms with Gasteiger partial charge in [-0.1, -0.05) is 31.2 Å². The van der Waals surface area contributed by atoms with Crippen LogP contribution in [0.1, 0.15) is 23.8 Å². The SMILES string of the molecule is CCC(NCc1cccs1)(C(=O)O)c1ccccc1F. The Morgan fingerprint density at radius 3 is 2.65 bits per heavy atom. The zero-order valence-electron chi connectivity index (χ0n) is 11.1. The minimum absolute atomic E-state index is 0.173. The summed E-state index contributed by atoms with van der Waals surface area (Å²) >= 11 is 1.54. The van der Waals surface area contributed by atoms with Gasteiger partial charge in [0.25, 0.3) is 0 Å². The molecule has 1 aromatic carbocycles. The second-order valence-electron chi connectivity index (χ2n) is 4.48. The van der Waals surface area contributed by atoms with Crippen molar-refractivity contribution in [2.45, 2.75) is 25.4 Å². The van der Waals surface area contributed by atoms with Gasteiger partial charge in [-0.25, -0.2) is 9.18 Å². The van der Waals surface area contributed by atoms with Crippen molar-refractivity contribution in [2.75, 3.05) is 0 Å². The molecule has 0 aliphatic rings. The van der Waals surface area contributed by atoms with Crippen molar-refractivity contribution in [3.8, 4) is 0 Å². The highest BCUT2D eigenvalue weighted by Gasteiger charge is 2.40. The molecule has 0 radical (unpaired) electrons. The van der Waals surface area contributed by atoms with Crippen molar-refractivity contribution in [1.29, 1.82) is 0 Å².